The summed E-state index contributed by atoms with van der Waals surface area (Å²) in [5.74, 6) is 2.31. The van der Waals surface area contributed by atoms with Gasteiger partial charge in [0.25, 0.3) is 0 Å². The van der Waals surface area contributed by atoms with E-state index < -0.39 is 0 Å². The molecule has 1 atom stereocenters. The second-order valence-corrected chi connectivity index (χ2v) is 8.00. The van der Waals surface area contributed by atoms with Gasteiger partial charge in [0, 0.05) is 36.7 Å². The molecule has 0 aliphatic carbocycles. The third-order valence-electron chi connectivity index (χ3n) is 5.06. The van der Waals surface area contributed by atoms with Crippen LogP contribution in [0.4, 0.5) is 0 Å². The van der Waals surface area contributed by atoms with Crippen LogP contribution in [0.15, 0.2) is 46.3 Å². The van der Waals surface area contributed by atoms with Crippen molar-refractivity contribution in [2.45, 2.75) is 31.6 Å². The van der Waals surface area contributed by atoms with E-state index in [1.54, 1.807) is 18.4 Å². The first-order valence-electron chi connectivity index (χ1n) is 9.47. The smallest absolute Gasteiger partial charge is 0.226 e. The Labute approximate surface area is 168 Å². The summed E-state index contributed by atoms with van der Waals surface area (Å²) in [6.45, 7) is 1.42. The number of methoxy groups -OCH3 is 1. The van der Waals surface area contributed by atoms with Gasteiger partial charge < -0.3 is 14.2 Å². The van der Waals surface area contributed by atoms with Crippen LogP contribution in [0.25, 0.3) is 0 Å². The lowest BCUT2D eigenvalue weighted by atomic mass is 10.1. The van der Waals surface area contributed by atoms with Gasteiger partial charge in [-0.3, -0.25) is 4.79 Å². The maximum Gasteiger partial charge on any atom is 0.226 e. The summed E-state index contributed by atoms with van der Waals surface area (Å²) < 4.78 is 10.6. The molecule has 1 aliphatic rings. The van der Waals surface area contributed by atoms with Crippen LogP contribution in [0, 0.1) is 0 Å². The summed E-state index contributed by atoms with van der Waals surface area (Å²) in [7, 11) is 1.66. The lowest BCUT2D eigenvalue weighted by Crippen LogP contribution is -2.27. The molecular formula is C21H23N3O3S. The second kappa shape index (κ2) is 8.56. The fraction of sp³-hybridized carbons (Fsp3) is 0.381. The first-order chi connectivity index (χ1) is 13.7. The maximum absolute atomic E-state index is 12.3. The van der Waals surface area contributed by atoms with E-state index in [1.165, 1.54) is 10.4 Å². The molecule has 0 bridgehead atoms. The lowest BCUT2D eigenvalue weighted by molar-refractivity contribution is -0.127. The molecule has 1 aromatic carbocycles. The topological polar surface area (TPSA) is 68.5 Å². The number of likely N-dealkylation sites (tertiary alicyclic amines) is 1. The Balaban J connectivity index is 1.30. The van der Waals surface area contributed by atoms with Crippen molar-refractivity contribution in [2.24, 2.45) is 0 Å². The minimum atomic E-state index is 0.0225. The molecular weight excluding hydrogens is 374 g/mol. The number of hydrogen-bond acceptors (Lipinski definition) is 6. The van der Waals surface area contributed by atoms with E-state index in [4.69, 9.17) is 9.26 Å². The molecule has 1 amide bonds. The van der Waals surface area contributed by atoms with Crippen molar-refractivity contribution in [1.82, 2.24) is 15.0 Å². The van der Waals surface area contributed by atoms with Crippen molar-refractivity contribution in [3.05, 3.63) is 63.9 Å². The Hall–Kier alpha value is -2.67. The first-order valence-corrected chi connectivity index (χ1v) is 10.3. The predicted molar refractivity (Wildman–Crippen MR) is 107 cm³/mol. The largest absolute Gasteiger partial charge is 0.497 e. The molecule has 1 saturated heterocycles. The highest BCUT2D eigenvalue weighted by Crippen LogP contribution is 2.27. The molecule has 0 N–H and O–H groups in total. The number of rotatable bonds is 8. The van der Waals surface area contributed by atoms with Crippen LogP contribution in [0.3, 0.4) is 0 Å². The average Bonchev–Trinajstić information content (AvgIpc) is 3.46. The number of aromatic nitrogens is 2. The first kappa shape index (κ1) is 18.7. The van der Waals surface area contributed by atoms with E-state index in [9.17, 15) is 4.79 Å². The average molecular weight is 398 g/mol. The monoisotopic (exact) mass is 397 g/mol. The van der Waals surface area contributed by atoms with Gasteiger partial charge in [0.15, 0.2) is 5.82 Å². The van der Waals surface area contributed by atoms with Crippen LogP contribution in [0.1, 0.15) is 34.5 Å². The summed E-state index contributed by atoms with van der Waals surface area (Å²) in [6.07, 6.45) is 2.86. The van der Waals surface area contributed by atoms with Crippen LogP contribution in [-0.4, -0.2) is 41.1 Å². The molecule has 2 aromatic heterocycles. The molecule has 28 heavy (non-hydrogen) atoms. The van der Waals surface area contributed by atoms with E-state index in [1.807, 2.05) is 35.2 Å². The van der Waals surface area contributed by atoms with Crippen molar-refractivity contribution in [2.75, 3.05) is 20.2 Å². The molecule has 1 fully saturated rings. The van der Waals surface area contributed by atoms with Crippen LogP contribution in [0.2, 0.25) is 0 Å². The molecule has 3 aromatic rings. The van der Waals surface area contributed by atoms with Gasteiger partial charge in [-0.1, -0.05) is 23.4 Å². The quantitative estimate of drug-likeness (QED) is 0.582. The molecule has 1 aliphatic heterocycles. The molecule has 0 saturated carbocycles. The van der Waals surface area contributed by atoms with Gasteiger partial charge in [0.2, 0.25) is 11.8 Å². The van der Waals surface area contributed by atoms with Gasteiger partial charge in [-0.15, -0.1) is 11.3 Å². The van der Waals surface area contributed by atoms with Gasteiger partial charge in [-0.2, -0.15) is 4.98 Å². The minimum Gasteiger partial charge on any atom is -0.497 e. The highest BCUT2D eigenvalue weighted by molar-refractivity contribution is 7.09. The molecule has 0 spiro atoms. The van der Waals surface area contributed by atoms with Gasteiger partial charge in [-0.25, -0.2) is 0 Å². The van der Waals surface area contributed by atoms with Gasteiger partial charge in [0.05, 0.1) is 7.11 Å². The number of carbonyl (C=O) groups excluding carboxylic acids is 1. The van der Waals surface area contributed by atoms with Gasteiger partial charge in [-0.05, 0) is 42.0 Å². The summed E-state index contributed by atoms with van der Waals surface area (Å²) in [5, 5.41) is 6.20. The normalized spacial score (nSPS) is 16.7. The minimum absolute atomic E-state index is 0.0225. The molecule has 3 heterocycles. The zero-order chi connectivity index (χ0) is 19.3. The van der Waals surface area contributed by atoms with E-state index in [-0.39, 0.29) is 11.8 Å². The van der Waals surface area contributed by atoms with Crippen LogP contribution in [-0.2, 0) is 24.1 Å². The van der Waals surface area contributed by atoms with Crippen molar-refractivity contribution in [1.29, 1.82) is 0 Å². The third-order valence-corrected chi connectivity index (χ3v) is 5.99. The molecule has 1 unspecified atom stereocenters. The number of carbonyl (C=O) groups is 1. The Morgan fingerprint density at radius 1 is 1.21 bits per heavy atom. The molecule has 146 valence electrons. The summed E-state index contributed by atoms with van der Waals surface area (Å²) in [5.41, 5.74) is 1.19. The highest BCUT2D eigenvalue weighted by Gasteiger charge is 2.33. The number of benzene rings is 1. The lowest BCUT2D eigenvalue weighted by Gasteiger charge is -2.15. The fourth-order valence-corrected chi connectivity index (χ4v) is 4.14. The fourth-order valence-electron chi connectivity index (χ4n) is 3.44. The summed E-state index contributed by atoms with van der Waals surface area (Å²) in [6, 6.07) is 12.1. The van der Waals surface area contributed by atoms with Gasteiger partial charge >= 0.3 is 0 Å². The predicted octanol–water partition coefficient (Wildman–Crippen LogP) is 3.48. The Morgan fingerprint density at radius 3 is 2.82 bits per heavy atom. The number of ether oxygens (including phenoxy) is 1. The number of hydrogen-bond donors (Lipinski definition) is 0. The zero-order valence-corrected chi connectivity index (χ0v) is 16.7. The van der Waals surface area contributed by atoms with E-state index in [0.29, 0.717) is 31.1 Å². The van der Waals surface area contributed by atoms with Crippen molar-refractivity contribution in [3.8, 4) is 5.75 Å². The Kier molecular flexibility index (Phi) is 5.71. The molecule has 7 heteroatoms. The van der Waals surface area contributed by atoms with Crippen LogP contribution < -0.4 is 4.74 Å². The Morgan fingerprint density at radius 2 is 2.07 bits per heavy atom. The number of nitrogens with zero attached hydrogens (tertiary/aromatic N) is 3. The molecule has 0 radical (unpaired) electrons. The SMILES string of the molecule is COc1ccc(CCc2nc(C3CC(=O)N(CCc4cccs4)C3)no2)cc1. The standard InChI is InChI=1S/C21H23N3O3S/c1-26-17-7-4-15(5-8-17)6-9-19-22-21(23-27-19)16-13-20(25)24(14-16)11-10-18-3-2-12-28-18/h2-5,7-8,12,16H,6,9-11,13-14H2,1H3. The summed E-state index contributed by atoms with van der Waals surface area (Å²) >= 11 is 1.73. The molecule has 4 rings (SSSR count). The van der Waals surface area contributed by atoms with Gasteiger partial charge in [0.1, 0.15) is 5.75 Å². The van der Waals surface area contributed by atoms with Crippen molar-refractivity contribution >= 4 is 17.2 Å². The third kappa shape index (κ3) is 4.42. The molecule has 6 nitrogen and oxygen atoms in total. The maximum atomic E-state index is 12.3. The number of aryl methyl sites for hydroxylation is 2. The van der Waals surface area contributed by atoms with E-state index in [0.717, 1.165) is 25.1 Å². The number of thiophene rings is 1. The van der Waals surface area contributed by atoms with E-state index in [2.05, 4.69) is 21.6 Å². The summed E-state index contributed by atoms with van der Waals surface area (Å²) in [4.78, 5) is 20.1. The van der Waals surface area contributed by atoms with Crippen LogP contribution >= 0.6 is 11.3 Å². The van der Waals surface area contributed by atoms with Crippen molar-refractivity contribution < 1.29 is 14.1 Å². The van der Waals surface area contributed by atoms with E-state index >= 15 is 0 Å². The highest BCUT2D eigenvalue weighted by atomic mass is 32.1. The van der Waals surface area contributed by atoms with Crippen molar-refractivity contribution in [3.63, 3.8) is 0 Å². The second-order valence-electron chi connectivity index (χ2n) is 6.96. The zero-order valence-electron chi connectivity index (χ0n) is 15.8. The Bertz CT molecular complexity index is 905. The van der Waals surface area contributed by atoms with Crippen LogP contribution in [0.5, 0.6) is 5.75 Å². The number of amides is 1.